The van der Waals surface area contributed by atoms with Crippen LogP contribution >= 0.6 is 11.3 Å². The van der Waals surface area contributed by atoms with Crippen molar-refractivity contribution in [3.8, 4) is 0 Å². The van der Waals surface area contributed by atoms with Gasteiger partial charge in [-0.2, -0.15) is 0 Å². The average Bonchev–Trinajstić information content (AvgIpc) is 2.84. The fraction of sp³-hybridized carbons (Fsp3) is 0.636. The van der Waals surface area contributed by atoms with Crippen molar-refractivity contribution in [1.82, 2.24) is 15.2 Å². The van der Waals surface area contributed by atoms with Crippen LogP contribution in [0.5, 0.6) is 0 Å². The molecule has 2 rings (SSSR count). The van der Waals surface area contributed by atoms with Gasteiger partial charge in [0.2, 0.25) is 0 Å². The van der Waals surface area contributed by atoms with Gasteiger partial charge in [-0.3, -0.25) is 4.79 Å². The third-order valence-electron chi connectivity index (χ3n) is 2.68. The fourth-order valence-corrected chi connectivity index (χ4v) is 2.03. The Morgan fingerprint density at radius 2 is 2.25 bits per heavy atom. The number of aromatic nitrogens is 1. The Kier molecular flexibility index (Phi) is 6.22. The number of thiazole rings is 1. The first kappa shape index (κ1) is 13.3. The van der Waals surface area contributed by atoms with Crippen molar-refractivity contribution in [2.24, 2.45) is 0 Å². The molecule has 0 saturated carbocycles. The lowest BCUT2D eigenvalue weighted by molar-refractivity contribution is 0.112. The van der Waals surface area contributed by atoms with E-state index in [1.54, 1.807) is 11.6 Å². The topological polar surface area (TPSA) is 45.2 Å². The summed E-state index contributed by atoms with van der Waals surface area (Å²) in [7, 11) is 4.24. The maximum Gasteiger partial charge on any atom is 0.178 e. The van der Waals surface area contributed by atoms with Gasteiger partial charge < -0.3 is 10.2 Å². The molecule has 1 aliphatic rings. The van der Waals surface area contributed by atoms with E-state index >= 15 is 0 Å². The minimum Gasteiger partial charge on any atom is -0.317 e. The van der Waals surface area contributed by atoms with Crippen LogP contribution in [0.25, 0.3) is 0 Å². The molecule has 1 aromatic heterocycles. The Hall–Kier alpha value is -0.780. The molecule has 0 bridgehead atoms. The Morgan fingerprint density at radius 1 is 1.56 bits per heavy atom. The summed E-state index contributed by atoms with van der Waals surface area (Å²) >= 11 is 1.34. The smallest absolute Gasteiger partial charge is 0.178 e. The average molecular weight is 241 g/mol. The molecule has 1 fully saturated rings. The van der Waals surface area contributed by atoms with Crippen molar-refractivity contribution in [2.45, 2.75) is 18.9 Å². The Morgan fingerprint density at radius 3 is 2.62 bits per heavy atom. The van der Waals surface area contributed by atoms with Crippen LogP contribution in [0.2, 0.25) is 0 Å². The minimum atomic E-state index is 0.542. The van der Waals surface area contributed by atoms with Crippen LogP contribution in [-0.4, -0.2) is 49.4 Å². The summed E-state index contributed by atoms with van der Waals surface area (Å²) in [5, 5.41) is 5.61. The summed E-state index contributed by atoms with van der Waals surface area (Å²) in [6.45, 7) is 2.51. The third kappa shape index (κ3) is 4.83. The van der Waals surface area contributed by atoms with E-state index in [9.17, 15) is 4.79 Å². The summed E-state index contributed by atoms with van der Waals surface area (Å²) in [5.41, 5.74) is 0. The van der Waals surface area contributed by atoms with Gasteiger partial charge in [-0.25, -0.2) is 4.98 Å². The SMILES string of the molecule is CNC1CCN(C)CC1.O=Cc1nccs1. The number of aldehydes is 1. The highest BCUT2D eigenvalue weighted by molar-refractivity contribution is 7.11. The van der Waals surface area contributed by atoms with E-state index in [2.05, 4.69) is 29.3 Å². The highest BCUT2D eigenvalue weighted by Crippen LogP contribution is 2.06. The van der Waals surface area contributed by atoms with Gasteiger partial charge in [0.1, 0.15) is 0 Å². The highest BCUT2D eigenvalue weighted by Gasteiger charge is 2.13. The van der Waals surface area contributed by atoms with Crippen LogP contribution in [-0.2, 0) is 0 Å². The summed E-state index contributed by atoms with van der Waals surface area (Å²) < 4.78 is 0. The minimum absolute atomic E-state index is 0.542. The van der Waals surface area contributed by atoms with Crippen LogP contribution < -0.4 is 5.32 Å². The summed E-state index contributed by atoms with van der Waals surface area (Å²) in [5.74, 6) is 0. The van der Waals surface area contributed by atoms with Gasteiger partial charge in [0, 0.05) is 17.6 Å². The van der Waals surface area contributed by atoms with E-state index in [-0.39, 0.29) is 0 Å². The number of rotatable bonds is 2. The van der Waals surface area contributed by atoms with Crippen LogP contribution in [0, 0.1) is 0 Å². The van der Waals surface area contributed by atoms with E-state index in [0.29, 0.717) is 5.01 Å². The third-order valence-corrected chi connectivity index (χ3v) is 3.38. The molecule has 5 heteroatoms. The van der Waals surface area contributed by atoms with Crippen molar-refractivity contribution in [2.75, 3.05) is 27.2 Å². The van der Waals surface area contributed by atoms with E-state index < -0.39 is 0 Å². The number of carbonyl (C=O) groups is 1. The lowest BCUT2D eigenvalue weighted by atomic mass is 10.1. The molecule has 0 aliphatic carbocycles. The molecule has 1 aliphatic heterocycles. The molecule has 0 radical (unpaired) electrons. The summed E-state index contributed by atoms with van der Waals surface area (Å²) in [6.07, 6.45) is 4.97. The van der Waals surface area contributed by atoms with Gasteiger partial charge in [-0.1, -0.05) is 0 Å². The van der Waals surface area contributed by atoms with Gasteiger partial charge in [0.05, 0.1) is 0 Å². The van der Waals surface area contributed by atoms with E-state index in [1.807, 2.05) is 0 Å². The molecule has 0 aromatic carbocycles. The quantitative estimate of drug-likeness (QED) is 0.792. The van der Waals surface area contributed by atoms with Crippen LogP contribution in [0.15, 0.2) is 11.6 Å². The number of hydrogen-bond donors (Lipinski definition) is 1. The molecule has 0 atom stereocenters. The maximum atomic E-state index is 9.82. The first-order valence-corrected chi connectivity index (χ1v) is 6.34. The number of carbonyl (C=O) groups excluding carboxylic acids is 1. The molecule has 0 unspecified atom stereocenters. The molecule has 90 valence electrons. The lowest BCUT2D eigenvalue weighted by Gasteiger charge is -2.28. The molecule has 2 heterocycles. The van der Waals surface area contributed by atoms with Crippen molar-refractivity contribution in [3.63, 3.8) is 0 Å². The zero-order valence-electron chi connectivity index (χ0n) is 9.85. The van der Waals surface area contributed by atoms with Crippen LogP contribution in [0.3, 0.4) is 0 Å². The monoisotopic (exact) mass is 241 g/mol. The van der Waals surface area contributed by atoms with Crippen LogP contribution in [0.4, 0.5) is 0 Å². The number of nitrogens with zero attached hydrogens (tertiary/aromatic N) is 2. The zero-order chi connectivity index (χ0) is 11.8. The van der Waals surface area contributed by atoms with Gasteiger partial charge in [0.25, 0.3) is 0 Å². The van der Waals surface area contributed by atoms with E-state index in [0.717, 1.165) is 12.3 Å². The normalized spacial score (nSPS) is 17.6. The van der Waals surface area contributed by atoms with E-state index in [4.69, 9.17) is 0 Å². The molecular weight excluding hydrogens is 222 g/mol. The zero-order valence-corrected chi connectivity index (χ0v) is 10.7. The predicted molar refractivity (Wildman–Crippen MR) is 67.1 cm³/mol. The lowest BCUT2D eigenvalue weighted by Crippen LogP contribution is -2.39. The highest BCUT2D eigenvalue weighted by atomic mass is 32.1. The second-order valence-electron chi connectivity index (χ2n) is 3.85. The first-order chi connectivity index (χ1) is 7.76. The van der Waals surface area contributed by atoms with Gasteiger partial charge in [0.15, 0.2) is 11.3 Å². The summed E-state index contributed by atoms with van der Waals surface area (Å²) in [6, 6.07) is 0.779. The second kappa shape index (κ2) is 7.49. The van der Waals surface area contributed by atoms with Crippen molar-refractivity contribution in [1.29, 1.82) is 0 Å². The van der Waals surface area contributed by atoms with Gasteiger partial charge >= 0.3 is 0 Å². The maximum absolute atomic E-state index is 9.82. The van der Waals surface area contributed by atoms with Gasteiger partial charge in [-0.05, 0) is 40.0 Å². The number of hydrogen-bond acceptors (Lipinski definition) is 5. The molecule has 0 spiro atoms. The van der Waals surface area contributed by atoms with Gasteiger partial charge in [-0.15, -0.1) is 11.3 Å². The standard InChI is InChI=1S/C7H16N2.C4H3NOS/c1-8-7-3-5-9(2)6-4-7;6-3-4-5-1-2-7-4/h7-8H,3-6H2,1-2H3;1-3H. The largest absolute Gasteiger partial charge is 0.317 e. The predicted octanol–water partition coefficient (Wildman–Crippen LogP) is 1.26. The summed E-state index contributed by atoms with van der Waals surface area (Å²) in [4.78, 5) is 15.9. The molecule has 0 amide bonds. The second-order valence-corrected chi connectivity index (χ2v) is 4.78. The molecular formula is C11H19N3OS. The number of piperidine rings is 1. The Balaban J connectivity index is 0.000000165. The fourth-order valence-electron chi connectivity index (χ4n) is 1.59. The van der Waals surface area contributed by atoms with Crippen LogP contribution in [0.1, 0.15) is 22.6 Å². The molecule has 16 heavy (non-hydrogen) atoms. The Labute approximate surface area is 101 Å². The van der Waals surface area contributed by atoms with Crippen molar-refractivity contribution in [3.05, 3.63) is 16.6 Å². The number of nitrogens with one attached hydrogen (secondary N) is 1. The molecule has 4 nitrogen and oxygen atoms in total. The number of likely N-dealkylation sites (tertiary alicyclic amines) is 1. The molecule has 1 saturated heterocycles. The molecule has 1 aromatic rings. The molecule has 1 N–H and O–H groups in total. The van der Waals surface area contributed by atoms with E-state index in [1.165, 1.54) is 37.3 Å². The first-order valence-electron chi connectivity index (χ1n) is 5.46. The van der Waals surface area contributed by atoms with Crippen molar-refractivity contribution >= 4 is 17.6 Å². The Bertz CT molecular complexity index is 281. The van der Waals surface area contributed by atoms with Crippen molar-refractivity contribution < 1.29 is 4.79 Å².